The second-order valence-electron chi connectivity index (χ2n) is 5.14. The van der Waals surface area contributed by atoms with Crippen LogP contribution in [0.15, 0.2) is 57.5 Å². The number of carbonyl (C=O) groups is 2. The zero-order valence-corrected chi connectivity index (χ0v) is 16.6. The van der Waals surface area contributed by atoms with E-state index in [4.69, 9.17) is 4.74 Å². The Balaban J connectivity index is 1.75. The third-order valence-electron chi connectivity index (χ3n) is 3.08. The molecule has 130 valence electrons. The molecule has 0 aliphatic heterocycles. The molecule has 5 nitrogen and oxygen atoms in total. The van der Waals surface area contributed by atoms with Gasteiger partial charge in [0.05, 0.1) is 4.47 Å². The molecular formula is C18H16Br2N2O3. The minimum absolute atomic E-state index is 0.220. The molecule has 2 aromatic carbocycles. The summed E-state index contributed by atoms with van der Waals surface area (Å²) in [5, 5.41) is 0. The number of aryl methyl sites for hydroxylation is 1. The lowest BCUT2D eigenvalue weighted by atomic mass is 10.1. The lowest BCUT2D eigenvalue weighted by Crippen LogP contribution is -2.43. The molecule has 0 spiro atoms. The molecular weight excluding hydrogens is 452 g/mol. The SMILES string of the molecule is Cc1ccc(/C=C/C(=O)NNC(=O)COc2ccc(Br)cc2Br)cc1. The third-order valence-corrected chi connectivity index (χ3v) is 4.20. The van der Waals surface area contributed by atoms with Crippen molar-refractivity contribution in [3.63, 3.8) is 0 Å². The molecule has 2 aromatic rings. The van der Waals surface area contributed by atoms with Crippen molar-refractivity contribution in [2.45, 2.75) is 6.92 Å². The molecule has 2 amide bonds. The lowest BCUT2D eigenvalue weighted by Gasteiger charge is -2.09. The van der Waals surface area contributed by atoms with Crippen LogP contribution >= 0.6 is 31.9 Å². The first kappa shape index (κ1) is 19.2. The number of hydrazine groups is 1. The quantitative estimate of drug-likeness (QED) is 0.519. The Bertz CT molecular complexity index is 789. The zero-order valence-electron chi connectivity index (χ0n) is 13.4. The molecule has 0 saturated carbocycles. The number of halogens is 2. The lowest BCUT2D eigenvalue weighted by molar-refractivity contribution is -0.128. The highest BCUT2D eigenvalue weighted by Gasteiger charge is 2.06. The number of hydrogen-bond donors (Lipinski definition) is 2. The average molecular weight is 468 g/mol. The van der Waals surface area contributed by atoms with Crippen LogP contribution in [0.1, 0.15) is 11.1 Å². The average Bonchev–Trinajstić information content (AvgIpc) is 2.58. The van der Waals surface area contributed by atoms with Gasteiger partial charge in [0.1, 0.15) is 5.75 Å². The van der Waals surface area contributed by atoms with Crippen molar-refractivity contribution < 1.29 is 14.3 Å². The van der Waals surface area contributed by atoms with E-state index in [9.17, 15) is 9.59 Å². The molecule has 2 rings (SSSR count). The number of hydrogen-bond acceptors (Lipinski definition) is 3. The number of benzene rings is 2. The Morgan fingerprint density at radius 1 is 1.08 bits per heavy atom. The monoisotopic (exact) mass is 466 g/mol. The predicted octanol–water partition coefficient (Wildman–Crippen LogP) is 3.76. The summed E-state index contributed by atoms with van der Waals surface area (Å²) in [6.07, 6.45) is 3.01. The maximum atomic E-state index is 11.7. The Morgan fingerprint density at radius 2 is 1.80 bits per heavy atom. The first-order valence-electron chi connectivity index (χ1n) is 7.35. The van der Waals surface area contributed by atoms with E-state index in [0.29, 0.717) is 5.75 Å². The molecule has 25 heavy (non-hydrogen) atoms. The van der Waals surface area contributed by atoms with Gasteiger partial charge in [-0.25, -0.2) is 0 Å². The summed E-state index contributed by atoms with van der Waals surface area (Å²) in [5.74, 6) is -0.366. The molecule has 0 atom stereocenters. The van der Waals surface area contributed by atoms with Crippen LogP contribution in [0.25, 0.3) is 6.08 Å². The van der Waals surface area contributed by atoms with Crippen LogP contribution in [0, 0.1) is 6.92 Å². The van der Waals surface area contributed by atoms with E-state index < -0.39 is 11.8 Å². The summed E-state index contributed by atoms with van der Waals surface area (Å²) in [7, 11) is 0. The summed E-state index contributed by atoms with van der Waals surface area (Å²) in [4.78, 5) is 23.4. The second-order valence-corrected chi connectivity index (χ2v) is 6.91. The fourth-order valence-corrected chi connectivity index (χ4v) is 2.96. The number of ether oxygens (including phenoxy) is 1. The van der Waals surface area contributed by atoms with Crippen LogP contribution in [0.5, 0.6) is 5.75 Å². The summed E-state index contributed by atoms with van der Waals surface area (Å²) >= 11 is 6.67. The molecule has 7 heteroatoms. The van der Waals surface area contributed by atoms with E-state index in [1.165, 1.54) is 6.08 Å². The van der Waals surface area contributed by atoms with Gasteiger partial charge in [0.2, 0.25) is 0 Å². The summed E-state index contributed by atoms with van der Waals surface area (Å²) < 4.78 is 6.99. The Labute approximate surface area is 162 Å². The van der Waals surface area contributed by atoms with Crippen LogP contribution in [0.3, 0.4) is 0 Å². The van der Waals surface area contributed by atoms with Crippen LogP contribution in [-0.4, -0.2) is 18.4 Å². The minimum atomic E-state index is -0.466. The molecule has 0 aliphatic rings. The zero-order chi connectivity index (χ0) is 18.2. The molecule has 0 fully saturated rings. The van der Waals surface area contributed by atoms with Crippen molar-refractivity contribution in [3.8, 4) is 5.75 Å². The first-order valence-corrected chi connectivity index (χ1v) is 8.94. The van der Waals surface area contributed by atoms with E-state index in [2.05, 4.69) is 42.7 Å². The van der Waals surface area contributed by atoms with Gasteiger partial charge in [-0.05, 0) is 52.7 Å². The number of rotatable bonds is 5. The highest BCUT2D eigenvalue weighted by atomic mass is 79.9. The van der Waals surface area contributed by atoms with E-state index in [1.807, 2.05) is 37.3 Å². The van der Waals surface area contributed by atoms with Gasteiger partial charge in [0, 0.05) is 10.5 Å². The molecule has 0 saturated heterocycles. The fraction of sp³-hybridized carbons (Fsp3) is 0.111. The van der Waals surface area contributed by atoms with Gasteiger partial charge in [-0.2, -0.15) is 0 Å². The smallest absolute Gasteiger partial charge is 0.276 e. The van der Waals surface area contributed by atoms with Crippen LogP contribution in [-0.2, 0) is 9.59 Å². The molecule has 0 bridgehead atoms. The van der Waals surface area contributed by atoms with Gasteiger partial charge in [-0.3, -0.25) is 20.4 Å². The van der Waals surface area contributed by atoms with Crippen LogP contribution < -0.4 is 15.6 Å². The van der Waals surface area contributed by atoms with Crippen molar-refractivity contribution in [2.24, 2.45) is 0 Å². The van der Waals surface area contributed by atoms with Gasteiger partial charge < -0.3 is 4.74 Å². The summed E-state index contributed by atoms with van der Waals surface area (Å²) in [5.41, 5.74) is 6.63. The molecule has 0 aliphatic carbocycles. The topological polar surface area (TPSA) is 67.4 Å². The van der Waals surface area contributed by atoms with E-state index in [0.717, 1.165) is 20.1 Å². The molecule has 0 aromatic heterocycles. The standard InChI is InChI=1S/C18H16Br2N2O3/c1-12-2-4-13(5-3-12)6-9-17(23)21-22-18(24)11-25-16-8-7-14(19)10-15(16)20/h2-10H,11H2,1H3,(H,21,23)(H,22,24)/b9-6+. The number of nitrogens with one attached hydrogen (secondary N) is 2. The third kappa shape index (κ3) is 6.72. The molecule has 0 unspecified atom stereocenters. The maximum Gasteiger partial charge on any atom is 0.276 e. The van der Waals surface area contributed by atoms with Crippen molar-refractivity contribution in [3.05, 3.63) is 68.6 Å². The summed E-state index contributed by atoms with van der Waals surface area (Å²) in [6.45, 7) is 1.77. The van der Waals surface area contributed by atoms with E-state index in [1.54, 1.807) is 18.2 Å². The number of carbonyl (C=O) groups excluding carboxylic acids is 2. The largest absolute Gasteiger partial charge is 0.483 e. The van der Waals surface area contributed by atoms with Crippen LogP contribution in [0.2, 0.25) is 0 Å². The Morgan fingerprint density at radius 3 is 2.48 bits per heavy atom. The molecule has 0 heterocycles. The maximum absolute atomic E-state index is 11.7. The minimum Gasteiger partial charge on any atom is -0.483 e. The van der Waals surface area contributed by atoms with Crippen molar-refractivity contribution in [2.75, 3.05) is 6.61 Å². The van der Waals surface area contributed by atoms with Gasteiger partial charge in [0.15, 0.2) is 6.61 Å². The Hall–Kier alpha value is -2.12. The van der Waals surface area contributed by atoms with Crippen molar-refractivity contribution >= 4 is 49.8 Å². The molecule has 0 radical (unpaired) electrons. The normalized spacial score (nSPS) is 10.5. The Kier molecular flexibility index (Phi) is 7.21. The van der Waals surface area contributed by atoms with Gasteiger partial charge in [-0.15, -0.1) is 0 Å². The summed E-state index contributed by atoms with van der Waals surface area (Å²) in [6, 6.07) is 13.1. The highest BCUT2D eigenvalue weighted by molar-refractivity contribution is 9.11. The second kappa shape index (κ2) is 9.39. The number of amides is 2. The van der Waals surface area contributed by atoms with Crippen molar-refractivity contribution in [1.82, 2.24) is 10.9 Å². The van der Waals surface area contributed by atoms with Crippen LogP contribution in [0.4, 0.5) is 0 Å². The van der Waals surface area contributed by atoms with Gasteiger partial charge in [0.25, 0.3) is 11.8 Å². The highest BCUT2D eigenvalue weighted by Crippen LogP contribution is 2.27. The predicted molar refractivity (Wildman–Crippen MR) is 104 cm³/mol. The van der Waals surface area contributed by atoms with E-state index in [-0.39, 0.29) is 6.61 Å². The van der Waals surface area contributed by atoms with Crippen molar-refractivity contribution in [1.29, 1.82) is 0 Å². The molecule has 2 N–H and O–H groups in total. The van der Waals surface area contributed by atoms with E-state index >= 15 is 0 Å². The van der Waals surface area contributed by atoms with Gasteiger partial charge >= 0.3 is 0 Å². The van der Waals surface area contributed by atoms with Gasteiger partial charge in [-0.1, -0.05) is 45.8 Å². The fourth-order valence-electron chi connectivity index (χ4n) is 1.79. The first-order chi connectivity index (χ1) is 11.9.